The van der Waals surface area contributed by atoms with Crippen LogP contribution in [-0.2, 0) is 10.0 Å². The third kappa shape index (κ3) is 5.68. The van der Waals surface area contributed by atoms with Gasteiger partial charge in [-0.25, -0.2) is 8.42 Å². The molecule has 0 aromatic carbocycles. The first-order valence-corrected chi connectivity index (χ1v) is 9.56. The molecular weight excluding hydrogens is 274 g/mol. The van der Waals surface area contributed by atoms with Gasteiger partial charge in [-0.1, -0.05) is 33.6 Å². The van der Waals surface area contributed by atoms with Crippen molar-refractivity contribution in [2.24, 2.45) is 0 Å². The molecule has 1 fully saturated rings. The molecule has 0 spiro atoms. The van der Waals surface area contributed by atoms with E-state index in [0.717, 1.165) is 45.4 Å². The van der Waals surface area contributed by atoms with Crippen LogP contribution in [0, 0.1) is 0 Å². The predicted octanol–water partition coefficient (Wildman–Crippen LogP) is 2.12. The molecule has 1 aliphatic rings. The predicted molar refractivity (Wildman–Crippen MR) is 83.7 cm³/mol. The lowest BCUT2D eigenvalue weighted by molar-refractivity contribution is 0.0120. The molecule has 20 heavy (non-hydrogen) atoms. The summed E-state index contributed by atoms with van der Waals surface area (Å²) in [4.78, 5) is 4.52. The van der Waals surface area contributed by atoms with Gasteiger partial charge < -0.3 is 0 Å². The molecule has 1 aliphatic heterocycles. The van der Waals surface area contributed by atoms with E-state index in [0.29, 0.717) is 19.8 Å². The maximum absolute atomic E-state index is 12.3. The lowest BCUT2D eigenvalue weighted by Gasteiger charge is -2.41. The zero-order valence-electron chi connectivity index (χ0n) is 13.3. The second kappa shape index (κ2) is 8.97. The van der Waals surface area contributed by atoms with E-state index >= 15 is 0 Å². The fourth-order valence-corrected chi connectivity index (χ4v) is 3.92. The molecule has 120 valence electrons. The van der Waals surface area contributed by atoms with Gasteiger partial charge in [-0.2, -0.15) is 4.31 Å². The minimum absolute atomic E-state index is 0.260. The standard InChI is InChI=1S/C14H31N3O2S/c1-4-7-9-15-12-16(10-8-5-2)14-17(13-15)20(18,19)11-6-3/h4-14H2,1-3H3. The average Bonchev–Trinajstić information content (AvgIpc) is 2.42. The van der Waals surface area contributed by atoms with Crippen LogP contribution in [0.15, 0.2) is 0 Å². The van der Waals surface area contributed by atoms with Crippen molar-refractivity contribution in [3.8, 4) is 0 Å². The Balaban J connectivity index is 2.68. The van der Waals surface area contributed by atoms with Crippen molar-refractivity contribution >= 4 is 10.0 Å². The van der Waals surface area contributed by atoms with Crippen LogP contribution in [0.5, 0.6) is 0 Å². The molecule has 0 radical (unpaired) electrons. The minimum atomic E-state index is -3.10. The van der Waals surface area contributed by atoms with E-state index in [9.17, 15) is 8.42 Å². The molecule has 0 aromatic heterocycles. The molecule has 0 aromatic rings. The van der Waals surface area contributed by atoms with Gasteiger partial charge in [-0.05, 0) is 19.3 Å². The van der Waals surface area contributed by atoms with Crippen LogP contribution in [-0.4, -0.2) is 61.4 Å². The van der Waals surface area contributed by atoms with Crippen LogP contribution >= 0.6 is 0 Å². The van der Waals surface area contributed by atoms with Crippen molar-refractivity contribution in [3.63, 3.8) is 0 Å². The maximum atomic E-state index is 12.3. The lowest BCUT2D eigenvalue weighted by Crippen LogP contribution is -2.57. The lowest BCUT2D eigenvalue weighted by atomic mass is 10.3. The number of nitrogens with zero attached hydrogens (tertiary/aromatic N) is 3. The van der Waals surface area contributed by atoms with Crippen LogP contribution in [0.2, 0.25) is 0 Å². The van der Waals surface area contributed by atoms with Gasteiger partial charge in [-0.3, -0.25) is 9.80 Å². The van der Waals surface area contributed by atoms with Gasteiger partial charge in [0.25, 0.3) is 0 Å². The van der Waals surface area contributed by atoms with Crippen LogP contribution in [0.25, 0.3) is 0 Å². The van der Waals surface area contributed by atoms with Crippen LogP contribution < -0.4 is 0 Å². The number of rotatable bonds is 9. The molecule has 0 N–H and O–H groups in total. The van der Waals surface area contributed by atoms with Crippen molar-refractivity contribution < 1.29 is 8.42 Å². The quantitative estimate of drug-likeness (QED) is 0.654. The van der Waals surface area contributed by atoms with E-state index in [1.165, 1.54) is 0 Å². The minimum Gasteiger partial charge on any atom is -0.276 e. The molecule has 0 bridgehead atoms. The summed E-state index contributed by atoms with van der Waals surface area (Å²) in [5, 5.41) is 0. The monoisotopic (exact) mass is 305 g/mol. The molecule has 1 rings (SSSR count). The highest BCUT2D eigenvalue weighted by molar-refractivity contribution is 7.89. The van der Waals surface area contributed by atoms with Gasteiger partial charge in [0.2, 0.25) is 10.0 Å². The number of hydrogen-bond acceptors (Lipinski definition) is 4. The molecule has 0 aliphatic carbocycles. The Morgan fingerprint density at radius 3 is 1.70 bits per heavy atom. The van der Waals surface area contributed by atoms with E-state index in [1.54, 1.807) is 4.31 Å². The van der Waals surface area contributed by atoms with E-state index in [4.69, 9.17) is 0 Å². The van der Waals surface area contributed by atoms with Crippen molar-refractivity contribution in [1.29, 1.82) is 0 Å². The number of unbranched alkanes of at least 4 members (excludes halogenated alkanes) is 2. The molecular formula is C14H31N3O2S. The van der Waals surface area contributed by atoms with Gasteiger partial charge in [0.1, 0.15) is 0 Å². The molecule has 0 amide bonds. The largest absolute Gasteiger partial charge is 0.276 e. The Morgan fingerprint density at radius 2 is 1.30 bits per heavy atom. The van der Waals surface area contributed by atoms with Gasteiger partial charge in [0.15, 0.2) is 0 Å². The summed E-state index contributed by atoms with van der Waals surface area (Å²) in [5.41, 5.74) is 0. The van der Waals surface area contributed by atoms with Crippen molar-refractivity contribution in [1.82, 2.24) is 14.1 Å². The molecule has 0 atom stereocenters. The third-order valence-corrected chi connectivity index (χ3v) is 5.57. The zero-order chi connectivity index (χ0) is 15.0. The van der Waals surface area contributed by atoms with E-state index in [1.807, 2.05) is 6.92 Å². The smallest absolute Gasteiger partial charge is 0.216 e. The van der Waals surface area contributed by atoms with Crippen molar-refractivity contribution in [2.45, 2.75) is 52.9 Å². The Hall–Kier alpha value is -0.170. The van der Waals surface area contributed by atoms with Gasteiger partial charge in [0.05, 0.1) is 25.8 Å². The number of sulfonamides is 1. The van der Waals surface area contributed by atoms with Gasteiger partial charge in [-0.15, -0.1) is 0 Å². The Bertz CT molecular complexity index is 343. The van der Waals surface area contributed by atoms with E-state index < -0.39 is 10.0 Å². The highest BCUT2D eigenvalue weighted by Crippen LogP contribution is 2.14. The second-order valence-corrected chi connectivity index (χ2v) is 7.78. The molecule has 6 heteroatoms. The fraction of sp³-hybridized carbons (Fsp3) is 1.00. The SMILES string of the molecule is CCCCN1CN(CCCC)CN(S(=O)(=O)CCC)C1. The molecule has 0 saturated carbocycles. The van der Waals surface area contributed by atoms with Crippen LogP contribution in [0.3, 0.4) is 0 Å². The average molecular weight is 305 g/mol. The Labute approximate surface area is 125 Å². The first-order valence-electron chi connectivity index (χ1n) is 7.96. The van der Waals surface area contributed by atoms with Crippen molar-refractivity contribution in [3.05, 3.63) is 0 Å². The van der Waals surface area contributed by atoms with E-state index in [2.05, 4.69) is 23.6 Å². The summed E-state index contributed by atoms with van der Waals surface area (Å²) in [6.07, 6.45) is 5.23. The van der Waals surface area contributed by atoms with Gasteiger partial charge >= 0.3 is 0 Å². The zero-order valence-corrected chi connectivity index (χ0v) is 14.2. The molecule has 0 unspecified atom stereocenters. The highest BCUT2D eigenvalue weighted by Gasteiger charge is 2.30. The Kier molecular flexibility index (Phi) is 8.02. The second-order valence-electron chi connectivity index (χ2n) is 5.69. The van der Waals surface area contributed by atoms with E-state index in [-0.39, 0.29) is 5.75 Å². The summed E-state index contributed by atoms with van der Waals surface area (Å²) in [7, 11) is -3.10. The van der Waals surface area contributed by atoms with Crippen molar-refractivity contribution in [2.75, 3.05) is 38.8 Å². The third-order valence-electron chi connectivity index (χ3n) is 3.63. The first-order chi connectivity index (χ1) is 9.53. The summed E-state index contributed by atoms with van der Waals surface area (Å²) < 4.78 is 26.3. The van der Waals surface area contributed by atoms with Crippen LogP contribution in [0.4, 0.5) is 0 Å². The number of hydrogen-bond donors (Lipinski definition) is 0. The van der Waals surface area contributed by atoms with Crippen LogP contribution in [0.1, 0.15) is 52.9 Å². The summed E-state index contributed by atoms with van der Waals surface area (Å²) in [5.74, 6) is 0.260. The molecule has 1 saturated heterocycles. The normalized spacial score (nSPS) is 19.6. The molecule has 1 heterocycles. The fourth-order valence-electron chi connectivity index (χ4n) is 2.47. The maximum Gasteiger partial charge on any atom is 0.216 e. The first kappa shape index (κ1) is 17.9. The summed E-state index contributed by atoms with van der Waals surface area (Å²) in [6.45, 7) is 10.3. The Morgan fingerprint density at radius 1 is 0.800 bits per heavy atom. The highest BCUT2D eigenvalue weighted by atomic mass is 32.2. The topological polar surface area (TPSA) is 43.9 Å². The summed E-state index contributed by atoms with van der Waals surface area (Å²) >= 11 is 0. The summed E-state index contributed by atoms with van der Waals surface area (Å²) in [6, 6.07) is 0. The van der Waals surface area contributed by atoms with Gasteiger partial charge in [0, 0.05) is 13.1 Å². The molecule has 5 nitrogen and oxygen atoms in total.